The molecule has 12 nitrogen and oxygen atoms in total. The minimum absolute atomic E-state index is 0.0213. The van der Waals surface area contributed by atoms with Gasteiger partial charge < -0.3 is 33.9 Å². The van der Waals surface area contributed by atoms with E-state index in [0.717, 1.165) is 9.87 Å². The molecule has 13 heteroatoms. The van der Waals surface area contributed by atoms with Gasteiger partial charge >= 0.3 is 0 Å². The fourth-order valence-electron chi connectivity index (χ4n) is 5.50. The quantitative estimate of drug-likeness (QED) is 0.149. The Morgan fingerprint density at radius 3 is 2.00 bits per heavy atom. The lowest BCUT2D eigenvalue weighted by Gasteiger charge is -2.34. The molecule has 0 aliphatic carbocycles. The van der Waals surface area contributed by atoms with Crippen LogP contribution in [0, 0.1) is 0 Å². The summed E-state index contributed by atoms with van der Waals surface area (Å²) in [5, 5.41) is 2.94. The summed E-state index contributed by atoms with van der Waals surface area (Å²) in [4.78, 5) is 30.0. The predicted molar refractivity (Wildman–Crippen MR) is 194 cm³/mol. The van der Waals surface area contributed by atoms with Crippen LogP contribution < -0.4 is 33.3 Å². The van der Waals surface area contributed by atoms with E-state index in [-0.39, 0.29) is 41.0 Å². The van der Waals surface area contributed by atoms with Crippen LogP contribution in [-0.2, 0) is 32.6 Å². The monoisotopic (exact) mass is 719 g/mol. The van der Waals surface area contributed by atoms with E-state index in [1.54, 1.807) is 30.3 Å². The molecule has 0 aliphatic rings. The minimum atomic E-state index is -4.51. The summed E-state index contributed by atoms with van der Waals surface area (Å²) in [6.45, 7) is 1.61. The van der Waals surface area contributed by atoms with E-state index in [1.807, 2.05) is 43.3 Å². The van der Waals surface area contributed by atoms with Gasteiger partial charge in [-0.25, -0.2) is 8.42 Å². The van der Waals surface area contributed by atoms with Gasteiger partial charge in [0.25, 0.3) is 10.0 Å². The van der Waals surface area contributed by atoms with Crippen LogP contribution in [0.2, 0.25) is 0 Å². The summed E-state index contributed by atoms with van der Waals surface area (Å²) < 4.78 is 57.5. The highest BCUT2D eigenvalue weighted by Crippen LogP contribution is 2.38. The van der Waals surface area contributed by atoms with Crippen LogP contribution >= 0.6 is 0 Å². The Labute approximate surface area is 299 Å². The van der Waals surface area contributed by atoms with E-state index >= 15 is 0 Å². The van der Waals surface area contributed by atoms with Crippen LogP contribution in [0.1, 0.15) is 24.5 Å². The summed E-state index contributed by atoms with van der Waals surface area (Å²) in [5.74, 6) is 0.564. The van der Waals surface area contributed by atoms with Crippen LogP contribution in [0.15, 0.2) is 95.9 Å². The first kappa shape index (κ1) is 38.4. The van der Waals surface area contributed by atoms with E-state index in [1.165, 1.54) is 64.7 Å². The molecule has 0 aromatic heterocycles. The van der Waals surface area contributed by atoms with E-state index < -0.39 is 28.5 Å². The molecule has 4 aromatic carbocycles. The highest BCUT2D eigenvalue weighted by Gasteiger charge is 2.36. The van der Waals surface area contributed by atoms with Crippen molar-refractivity contribution in [3.63, 3.8) is 0 Å². The molecule has 1 atom stereocenters. The molecule has 0 bridgehead atoms. The Morgan fingerprint density at radius 1 is 0.706 bits per heavy atom. The van der Waals surface area contributed by atoms with Crippen molar-refractivity contribution in [1.29, 1.82) is 0 Å². The molecule has 0 radical (unpaired) electrons. The van der Waals surface area contributed by atoms with Crippen molar-refractivity contribution in [2.45, 2.75) is 37.2 Å². The van der Waals surface area contributed by atoms with Crippen LogP contribution in [0.3, 0.4) is 0 Å². The molecule has 0 saturated carbocycles. The number of hydrogen-bond donors (Lipinski definition) is 1. The summed E-state index contributed by atoms with van der Waals surface area (Å²) in [7, 11) is 2.72. The largest absolute Gasteiger partial charge is 0.497 e. The van der Waals surface area contributed by atoms with Gasteiger partial charge in [0.2, 0.25) is 11.8 Å². The van der Waals surface area contributed by atoms with Crippen molar-refractivity contribution in [2.75, 3.05) is 52.9 Å². The van der Waals surface area contributed by atoms with Gasteiger partial charge in [0.1, 0.15) is 29.8 Å². The fraction of sp³-hybridized carbons (Fsp3) is 0.316. The molecule has 0 unspecified atom stereocenters. The number of carbonyl (C=O) groups is 2. The Hall–Kier alpha value is -5.43. The number of hydrogen-bond acceptors (Lipinski definition) is 9. The third-order valence-electron chi connectivity index (χ3n) is 8.18. The molecule has 0 aliphatic heterocycles. The van der Waals surface area contributed by atoms with Crippen LogP contribution in [0.4, 0.5) is 5.69 Å². The lowest BCUT2D eigenvalue weighted by molar-refractivity contribution is -0.140. The molecule has 0 heterocycles. The van der Waals surface area contributed by atoms with Crippen molar-refractivity contribution < 1.29 is 41.7 Å². The van der Waals surface area contributed by atoms with Crippen LogP contribution in [-0.4, -0.2) is 79.8 Å². The number of nitrogens with zero attached hydrogens (tertiary/aromatic N) is 2. The van der Waals surface area contributed by atoms with E-state index in [0.29, 0.717) is 35.8 Å². The molecule has 0 spiro atoms. The molecule has 4 aromatic rings. The number of amides is 2. The molecule has 2 amide bonds. The first-order chi connectivity index (χ1) is 24.6. The van der Waals surface area contributed by atoms with Gasteiger partial charge in [0, 0.05) is 31.6 Å². The second-order valence-electron chi connectivity index (χ2n) is 11.4. The van der Waals surface area contributed by atoms with E-state index in [9.17, 15) is 18.0 Å². The predicted octanol–water partition coefficient (Wildman–Crippen LogP) is 5.09. The Bertz CT molecular complexity index is 1890. The highest BCUT2D eigenvalue weighted by molar-refractivity contribution is 7.92. The molecule has 4 rings (SSSR count). The van der Waals surface area contributed by atoms with Crippen molar-refractivity contribution in [2.24, 2.45) is 0 Å². The van der Waals surface area contributed by atoms with E-state index in [2.05, 4.69) is 5.32 Å². The standard InChI is InChI=1S/C38H45N3O9S/c1-7-20-39-38(43)33(22-27-12-9-8-10-13-27)40(25-28-14-11-15-29(21-28)46-2)37(42)26-41(32-23-30(47-3)16-18-34(32)48-4)51(44,45)31-17-19-35(49-5)36(24-31)50-6/h8-19,21,23-24,33H,7,20,22,25-26H2,1-6H3,(H,39,43)/t33-/m0/s1. The fourth-order valence-corrected chi connectivity index (χ4v) is 6.93. The molecule has 0 saturated heterocycles. The Morgan fingerprint density at radius 2 is 1.35 bits per heavy atom. The van der Waals surface area contributed by atoms with Gasteiger partial charge in [-0.05, 0) is 53.9 Å². The third kappa shape index (κ3) is 9.43. The van der Waals surface area contributed by atoms with Gasteiger partial charge in [-0.3, -0.25) is 13.9 Å². The van der Waals surface area contributed by atoms with Gasteiger partial charge in [-0.15, -0.1) is 0 Å². The van der Waals surface area contributed by atoms with Crippen molar-refractivity contribution in [3.05, 3.63) is 102 Å². The summed E-state index contributed by atoms with van der Waals surface area (Å²) in [6, 6.07) is 24.3. The maximum absolute atomic E-state index is 14.8. The van der Waals surface area contributed by atoms with Crippen molar-refractivity contribution >= 4 is 27.5 Å². The summed E-state index contributed by atoms with van der Waals surface area (Å²) >= 11 is 0. The van der Waals surface area contributed by atoms with E-state index in [4.69, 9.17) is 23.7 Å². The summed E-state index contributed by atoms with van der Waals surface area (Å²) in [5.41, 5.74) is 1.55. The highest BCUT2D eigenvalue weighted by atomic mass is 32.2. The average molecular weight is 720 g/mol. The lowest BCUT2D eigenvalue weighted by Crippen LogP contribution is -2.53. The normalized spacial score (nSPS) is 11.6. The van der Waals surface area contributed by atoms with Gasteiger partial charge in [-0.1, -0.05) is 49.4 Å². The molecule has 51 heavy (non-hydrogen) atoms. The average Bonchev–Trinajstić information content (AvgIpc) is 3.16. The first-order valence-corrected chi connectivity index (χ1v) is 17.7. The Balaban J connectivity index is 1.90. The smallest absolute Gasteiger partial charge is 0.265 e. The van der Waals surface area contributed by atoms with Crippen molar-refractivity contribution in [3.8, 4) is 28.7 Å². The number of carbonyl (C=O) groups excluding carboxylic acids is 2. The number of nitrogens with one attached hydrogen (secondary N) is 1. The number of methoxy groups -OCH3 is 5. The Kier molecular flexibility index (Phi) is 13.5. The second kappa shape index (κ2) is 18.0. The van der Waals surface area contributed by atoms with Gasteiger partial charge in [-0.2, -0.15) is 0 Å². The van der Waals surface area contributed by atoms with Crippen LogP contribution in [0.25, 0.3) is 0 Å². The number of sulfonamides is 1. The second-order valence-corrected chi connectivity index (χ2v) is 13.3. The zero-order valence-electron chi connectivity index (χ0n) is 29.8. The first-order valence-electron chi connectivity index (χ1n) is 16.3. The maximum atomic E-state index is 14.8. The molecule has 272 valence electrons. The minimum Gasteiger partial charge on any atom is -0.497 e. The maximum Gasteiger partial charge on any atom is 0.265 e. The molecule has 1 N–H and O–H groups in total. The lowest BCUT2D eigenvalue weighted by atomic mass is 10.0. The molecular formula is C38H45N3O9S. The zero-order valence-corrected chi connectivity index (χ0v) is 30.6. The SMILES string of the molecule is CCCNC(=O)[C@H](Cc1ccccc1)N(Cc1cccc(OC)c1)C(=O)CN(c1cc(OC)ccc1OC)S(=O)(=O)c1ccc(OC)c(OC)c1. The molecular weight excluding hydrogens is 674 g/mol. The van der Waals surface area contributed by atoms with Crippen LogP contribution in [0.5, 0.6) is 28.7 Å². The van der Waals surface area contributed by atoms with Gasteiger partial charge in [0.05, 0.1) is 46.1 Å². The summed E-state index contributed by atoms with van der Waals surface area (Å²) in [6.07, 6.45) is 0.859. The number of rotatable bonds is 18. The number of benzene rings is 4. The molecule has 0 fully saturated rings. The third-order valence-corrected chi connectivity index (χ3v) is 9.94. The van der Waals surface area contributed by atoms with Gasteiger partial charge in [0.15, 0.2) is 11.5 Å². The zero-order chi connectivity index (χ0) is 37.0. The number of ether oxygens (including phenoxy) is 5. The van der Waals surface area contributed by atoms with Crippen molar-refractivity contribution in [1.82, 2.24) is 10.2 Å². The topological polar surface area (TPSA) is 133 Å². The number of anilines is 1.